The molecular weight excluding hydrogens is 227 g/mol. The molecule has 0 saturated heterocycles. The van der Waals surface area contributed by atoms with E-state index in [1.165, 1.54) is 6.92 Å². The Hall–Kier alpha value is -1.31. The van der Waals surface area contributed by atoms with Crippen molar-refractivity contribution in [2.75, 3.05) is 26.2 Å². The van der Waals surface area contributed by atoms with E-state index in [9.17, 15) is 22.8 Å². The van der Waals surface area contributed by atoms with Gasteiger partial charge in [-0.3, -0.25) is 9.59 Å². The van der Waals surface area contributed by atoms with Crippen LogP contribution in [0.1, 0.15) is 6.92 Å². The van der Waals surface area contributed by atoms with Gasteiger partial charge in [0.1, 0.15) is 0 Å². The summed E-state index contributed by atoms with van der Waals surface area (Å²) < 4.78 is 35.0. The van der Waals surface area contributed by atoms with Gasteiger partial charge in [-0.15, -0.1) is 0 Å². The minimum atomic E-state index is -4.32. The quantitative estimate of drug-likeness (QED) is 0.543. The Labute approximate surface area is 90.8 Å². The largest absolute Gasteiger partial charge is 0.401 e. The monoisotopic (exact) mass is 241 g/mol. The third-order valence-electron chi connectivity index (χ3n) is 1.43. The molecule has 0 fully saturated rings. The fourth-order valence-electron chi connectivity index (χ4n) is 0.821. The average molecular weight is 241 g/mol. The first-order chi connectivity index (χ1) is 7.31. The van der Waals surface area contributed by atoms with Gasteiger partial charge in [0.05, 0.1) is 13.1 Å². The van der Waals surface area contributed by atoms with E-state index in [2.05, 4.69) is 10.6 Å². The van der Waals surface area contributed by atoms with Crippen LogP contribution in [0.5, 0.6) is 0 Å². The molecular formula is C8H14F3N3O2. The van der Waals surface area contributed by atoms with Gasteiger partial charge in [-0.05, 0) is 0 Å². The Morgan fingerprint density at radius 1 is 1.12 bits per heavy atom. The zero-order valence-corrected chi connectivity index (χ0v) is 8.78. The summed E-state index contributed by atoms with van der Waals surface area (Å²) in [6.45, 7) is 0.158. The number of amides is 2. The summed E-state index contributed by atoms with van der Waals surface area (Å²) in [7, 11) is 0. The van der Waals surface area contributed by atoms with E-state index in [1.54, 1.807) is 0 Å². The van der Waals surface area contributed by atoms with Crippen molar-refractivity contribution in [3.63, 3.8) is 0 Å². The number of carbonyl (C=O) groups is 2. The number of halogens is 3. The number of alkyl halides is 3. The lowest BCUT2D eigenvalue weighted by Gasteiger charge is -2.08. The van der Waals surface area contributed by atoms with Crippen LogP contribution in [0.3, 0.4) is 0 Å². The van der Waals surface area contributed by atoms with Crippen LogP contribution in [0, 0.1) is 0 Å². The average Bonchev–Trinajstić information content (AvgIpc) is 2.10. The van der Waals surface area contributed by atoms with Crippen molar-refractivity contribution in [3.05, 3.63) is 0 Å². The van der Waals surface area contributed by atoms with Crippen LogP contribution in [-0.4, -0.2) is 44.2 Å². The molecule has 0 aliphatic heterocycles. The summed E-state index contributed by atoms with van der Waals surface area (Å²) in [5.74, 6) is -0.779. The second-order valence-electron chi connectivity index (χ2n) is 3.05. The summed E-state index contributed by atoms with van der Waals surface area (Å²) in [5, 5.41) is 6.72. The molecule has 0 aromatic carbocycles. The maximum atomic E-state index is 11.7. The van der Waals surface area contributed by atoms with Crippen molar-refractivity contribution in [2.45, 2.75) is 13.1 Å². The summed E-state index contributed by atoms with van der Waals surface area (Å²) in [4.78, 5) is 21.3. The Morgan fingerprint density at radius 3 is 2.19 bits per heavy atom. The van der Waals surface area contributed by atoms with Gasteiger partial charge in [0.25, 0.3) is 0 Å². The minimum absolute atomic E-state index is 0.187. The van der Waals surface area contributed by atoms with Crippen molar-refractivity contribution in [1.29, 1.82) is 0 Å². The van der Waals surface area contributed by atoms with E-state index in [4.69, 9.17) is 0 Å². The molecule has 3 N–H and O–H groups in total. The number of hydrogen-bond donors (Lipinski definition) is 3. The molecule has 0 unspecified atom stereocenters. The zero-order chi connectivity index (χ0) is 12.6. The van der Waals surface area contributed by atoms with Gasteiger partial charge in [-0.2, -0.15) is 13.2 Å². The van der Waals surface area contributed by atoms with Gasteiger partial charge in [-0.25, -0.2) is 0 Å². The lowest BCUT2D eigenvalue weighted by molar-refractivity contribution is -0.128. The van der Waals surface area contributed by atoms with Crippen LogP contribution in [0.4, 0.5) is 13.2 Å². The standard InChI is InChI=1S/C8H14F3N3O2/c1-6(15)13-2-3-14-7(16)4-12-5-8(9,10)11/h12H,2-5H2,1H3,(H,13,15)(H,14,16). The highest BCUT2D eigenvalue weighted by molar-refractivity contribution is 5.78. The van der Waals surface area contributed by atoms with Gasteiger partial charge in [0.2, 0.25) is 11.8 Å². The SMILES string of the molecule is CC(=O)NCCNC(=O)CNCC(F)(F)F. The smallest absolute Gasteiger partial charge is 0.355 e. The van der Waals surface area contributed by atoms with Crippen LogP contribution in [0.15, 0.2) is 0 Å². The molecule has 0 atom stereocenters. The molecule has 0 aliphatic carbocycles. The van der Waals surface area contributed by atoms with Crippen LogP contribution >= 0.6 is 0 Å². The summed E-state index contributed by atoms with van der Waals surface area (Å²) in [5.41, 5.74) is 0. The molecule has 0 heterocycles. The van der Waals surface area contributed by atoms with Gasteiger partial charge >= 0.3 is 6.18 Å². The van der Waals surface area contributed by atoms with E-state index in [1.807, 2.05) is 5.32 Å². The van der Waals surface area contributed by atoms with E-state index in [0.717, 1.165) is 0 Å². The molecule has 5 nitrogen and oxygen atoms in total. The molecule has 16 heavy (non-hydrogen) atoms. The molecule has 0 bridgehead atoms. The highest BCUT2D eigenvalue weighted by Gasteiger charge is 2.26. The lowest BCUT2D eigenvalue weighted by atomic mass is 10.5. The number of carbonyl (C=O) groups excluding carboxylic acids is 2. The Bertz CT molecular complexity index is 243. The van der Waals surface area contributed by atoms with Gasteiger partial charge in [0, 0.05) is 20.0 Å². The highest BCUT2D eigenvalue weighted by Crippen LogP contribution is 2.11. The molecule has 0 radical (unpaired) electrons. The molecule has 0 aromatic heterocycles. The Morgan fingerprint density at radius 2 is 1.69 bits per heavy atom. The first kappa shape index (κ1) is 14.7. The summed E-state index contributed by atoms with van der Waals surface area (Å²) >= 11 is 0. The molecule has 8 heteroatoms. The van der Waals surface area contributed by atoms with Crippen LogP contribution < -0.4 is 16.0 Å². The third kappa shape index (κ3) is 10.8. The fourth-order valence-corrected chi connectivity index (χ4v) is 0.821. The zero-order valence-electron chi connectivity index (χ0n) is 8.78. The van der Waals surface area contributed by atoms with E-state index < -0.39 is 25.2 Å². The summed E-state index contributed by atoms with van der Waals surface area (Å²) in [6, 6.07) is 0. The van der Waals surface area contributed by atoms with E-state index in [-0.39, 0.29) is 19.0 Å². The highest BCUT2D eigenvalue weighted by atomic mass is 19.4. The second-order valence-corrected chi connectivity index (χ2v) is 3.05. The molecule has 0 saturated carbocycles. The number of rotatable bonds is 6. The van der Waals surface area contributed by atoms with Crippen molar-refractivity contribution in [2.24, 2.45) is 0 Å². The number of hydrogen-bond acceptors (Lipinski definition) is 3. The van der Waals surface area contributed by atoms with Crippen LogP contribution in [0.25, 0.3) is 0 Å². The number of nitrogens with one attached hydrogen (secondary N) is 3. The minimum Gasteiger partial charge on any atom is -0.355 e. The molecule has 0 spiro atoms. The molecule has 94 valence electrons. The Balaban J connectivity index is 3.42. The molecule has 0 aliphatic rings. The second kappa shape index (κ2) is 7.04. The first-order valence-electron chi connectivity index (χ1n) is 4.60. The van der Waals surface area contributed by atoms with E-state index in [0.29, 0.717) is 0 Å². The van der Waals surface area contributed by atoms with Crippen molar-refractivity contribution in [1.82, 2.24) is 16.0 Å². The predicted molar refractivity (Wildman–Crippen MR) is 50.6 cm³/mol. The maximum Gasteiger partial charge on any atom is 0.401 e. The Kier molecular flexibility index (Phi) is 6.47. The van der Waals surface area contributed by atoms with Gasteiger partial charge < -0.3 is 16.0 Å². The van der Waals surface area contributed by atoms with Crippen molar-refractivity contribution < 1.29 is 22.8 Å². The maximum absolute atomic E-state index is 11.7. The third-order valence-corrected chi connectivity index (χ3v) is 1.43. The molecule has 0 aromatic rings. The van der Waals surface area contributed by atoms with Crippen molar-refractivity contribution in [3.8, 4) is 0 Å². The predicted octanol–water partition coefficient (Wildman–Crippen LogP) is -0.609. The lowest BCUT2D eigenvalue weighted by Crippen LogP contribution is -2.40. The van der Waals surface area contributed by atoms with Crippen LogP contribution in [0.2, 0.25) is 0 Å². The molecule has 0 rings (SSSR count). The normalized spacial score (nSPS) is 11.0. The van der Waals surface area contributed by atoms with Gasteiger partial charge in [0.15, 0.2) is 0 Å². The topological polar surface area (TPSA) is 70.2 Å². The van der Waals surface area contributed by atoms with E-state index >= 15 is 0 Å². The van der Waals surface area contributed by atoms with Crippen molar-refractivity contribution >= 4 is 11.8 Å². The van der Waals surface area contributed by atoms with Crippen LogP contribution in [-0.2, 0) is 9.59 Å². The van der Waals surface area contributed by atoms with Gasteiger partial charge in [-0.1, -0.05) is 0 Å². The fraction of sp³-hybridized carbons (Fsp3) is 0.750. The molecule has 2 amide bonds. The first-order valence-corrected chi connectivity index (χ1v) is 4.60. The summed E-state index contributed by atoms with van der Waals surface area (Å²) in [6.07, 6.45) is -4.32.